The zero-order valence-corrected chi connectivity index (χ0v) is 14.6. The first-order valence-electron chi connectivity index (χ1n) is 8.18. The van der Waals surface area contributed by atoms with Crippen LogP contribution in [-0.4, -0.2) is 19.2 Å². The summed E-state index contributed by atoms with van der Waals surface area (Å²) in [5.41, 5.74) is 2.57. The van der Waals surface area contributed by atoms with Gasteiger partial charge in [-0.3, -0.25) is 4.79 Å². The van der Waals surface area contributed by atoms with Crippen LogP contribution in [0.15, 0.2) is 53.3 Å². The van der Waals surface area contributed by atoms with E-state index in [9.17, 15) is 4.79 Å². The van der Waals surface area contributed by atoms with Crippen LogP contribution in [0.5, 0.6) is 11.5 Å². The molecule has 25 heavy (non-hydrogen) atoms. The van der Waals surface area contributed by atoms with Gasteiger partial charge >= 0.3 is 0 Å². The number of aromatic nitrogens is 1. The van der Waals surface area contributed by atoms with Crippen LogP contribution < -0.4 is 20.3 Å². The molecule has 3 rings (SSSR count). The summed E-state index contributed by atoms with van der Waals surface area (Å²) in [7, 11) is 3.24. The maximum atomic E-state index is 12.2. The molecule has 0 saturated carbocycles. The van der Waals surface area contributed by atoms with Crippen LogP contribution in [0.4, 0.5) is 0 Å². The van der Waals surface area contributed by atoms with Crippen molar-refractivity contribution in [3.05, 3.63) is 70.0 Å². The predicted molar refractivity (Wildman–Crippen MR) is 99.4 cm³/mol. The minimum absolute atomic E-state index is 0.0608. The number of nitrogens with one attached hydrogen (secondary N) is 2. The highest BCUT2D eigenvalue weighted by Gasteiger charge is 2.11. The van der Waals surface area contributed by atoms with Gasteiger partial charge in [-0.25, -0.2) is 0 Å². The SMILES string of the molecule is COc1ccc(C(C)NCc2cc3ccccc3[nH]c2=O)cc1OC. The molecule has 1 unspecified atom stereocenters. The standard InChI is InChI=1S/C20H22N2O3/c1-13(14-8-9-18(24-2)19(11-14)25-3)21-12-16-10-15-6-4-5-7-17(15)22-20(16)23/h4-11,13,21H,12H2,1-3H3,(H,22,23). The molecule has 0 saturated heterocycles. The summed E-state index contributed by atoms with van der Waals surface area (Å²) in [5.74, 6) is 1.39. The van der Waals surface area contributed by atoms with Gasteiger partial charge < -0.3 is 19.8 Å². The number of ether oxygens (including phenoxy) is 2. The average molecular weight is 338 g/mol. The largest absolute Gasteiger partial charge is 0.493 e. The number of H-pyrrole nitrogens is 1. The molecule has 0 spiro atoms. The number of methoxy groups -OCH3 is 2. The summed E-state index contributed by atoms with van der Waals surface area (Å²) in [6.45, 7) is 2.53. The van der Waals surface area contributed by atoms with Crippen molar-refractivity contribution in [2.24, 2.45) is 0 Å². The van der Waals surface area contributed by atoms with Gasteiger partial charge in [0.2, 0.25) is 0 Å². The van der Waals surface area contributed by atoms with Gasteiger partial charge in [0.1, 0.15) is 0 Å². The molecule has 0 bridgehead atoms. The highest BCUT2D eigenvalue weighted by molar-refractivity contribution is 5.78. The molecular weight excluding hydrogens is 316 g/mol. The smallest absolute Gasteiger partial charge is 0.252 e. The van der Waals surface area contributed by atoms with Crippen molar-refractivity contribution in [1.29, 1.82) is 0 Å². The number of hydrogen-bond acceptors (Lipinski definition) is 4. The van der Waals surface area contributed by atoms with E-state index in [2.05, 4.69) is 17.2 Å². The Labute approximate surface area is 146 Å². The van der Waals surface area contributed by atoms with Gasteiger partial charge in [-0.2, -0.15) is 0 Å². The lowest BCUT2D eigenvalue weighted by atomic mass is 10.1. The van der Waals surface area contributed by atoms with E-state index in [4.69, 9.17) is 9.47 Å². The van der Waals surface area contributed by atoms with E-state index in [1.54, 1.807) is 14.2 Å². The molecule has 1 heterocycles. The van der Waals surface area contributed by atoms with Crippen LogP contribution in [0, 0.1) is 0 Å². The molecule has 0 aliphatic heterocycles. The summed E-state index contributed by atoms with van der Waals surface area (Å²) in [6, 6.07) is 15.6. The summed E-state index contributed by atoms with van der Waals surface area (Å²) in [5, 5.41) is 4.42. The summed E-state index contributed by atoms with van der Waals surface area (Å²) < 4.78 is 10.6. The molecule has 1 atom stereocenters. The van der Waals surface area contributed by atoms with E-state index >= 15 is 0 Å². The fourth-order valence-corrected chi connectivity index (χ4v) is 2.83. The number of pyridine rings is 1. The third-order valence-electron chi connectivity index (χ3n) is 4.34. The lowest BCUT2D eigenvalue weighted by molar-refractivity contribution is 0.354. The molecule has 0 aliphatic rings. The zero-order valence-electron chi connectivity index (χ0n) is 14.6. The predicted octanol–water partition coefficient (Wildman–Crippen LogP) is 3.40. The molecule has 2 aromatic carbocycles. The molecule has 130 valence electrons. The van der Waals surface area contributed by atoms with Crippen LogP contribution in [0.3, 0.4) is 0 Å². The van der Waals surface area contributed by atoms with E-state index in [1.165, 1.54) is 0 Å². The average Bonchev–Trinajstić information content (AvgIpc) is 2.65. The van der Waals surface area contributed by atoms with Crippen LogP contribution in [0.1, 0.15) is 24.1 Å². The lowest BCUT2D eigenvalue weighted by Crippen LogP contribution is -2.23. The van der Waals surface area contributed by atoms with Crippen molar-refractivity contribution < 1.29 is 9.47 Å². The molecule has 5 heteroatoms. The maximum Gasteiger partial charge on any atom is 0.252 e. The number of aromatic amines is 1. The third kappa shape index (κ3) is 3.67. The van der Waals surface area contributed by atoms with Gasteiger partial charge in [0.15, 0.2) is 11.5 Å². The first-order valence-corrected chi connectivity index (χ1v) is 8.18. The minimum atomic E-state index is -0.0642. The monoisotopic (exact) mass is 338 g/mol. The van der Waals surface area contributed by atoms with Gasteiger partial charge in [-0.05, 0) is 42.1 Å². The fraction of sp³-hybridized carbons (Fsp3) is 0.250. The van der Waals surface area contributed by atoms with E-state index in [0.29, 0.717) is 23.6 Å². The summed E-state index contributed by atoms with van der Waals surface area (Å²) >= 11 is 0. The van der Waals surface area contributed by atoms with Crippen molar-refractivity contribution in [2.75, 3.05) is 14.2 Å². The molecule has 0 amide bonds. The molecule has 3 aromatic rings. The van der Waals surface area contributed by atoms with Gasteiger partial charge in [0, 0.05) is 23.7 Å². The van der Waals surface area contributed by atoms with Gasteiger partial charge in [0.05, 0.1) is 14.2 Å². The Kier molecular flexibility index (Phi) is 5.05. The number of benzene rings is 2. The van der Waals surface area contributed by atoms with Crippen molar-refractivity contribution in [3.63, 3.8) is 0 Å². The summed E-state index contributed by atoms with van der Waals surface area (Å²) in [6.07, 6.45) is 0. The quantitative estimate of drug-likeness (QED) is 0.723. The first-order chi connectivity index (χ1) is 12.1. The second-order valence-electron chi connectivity index (χ2n) is 5.93. The number of para-hydroxylation sites is 1. The lowest BCUT2D eigenvalue weighted by Gasteiger charge is -2.16. The highest BCUT2D eigenvalue weighted by atomic mass is 16.5. The molecule has 0 aliphatic carbocycles. The third-order valence-corrected chi connectivity index (χ3v) is 4.34. The molecule has 5 nitrogen and oxygen atoms in total. The fourth-order valence-electron chi connectivity index (χ4n) is 2.83. The molecule has 0 radical (unpaired) electrons. The Hall–Kier alpha value is -2.79. The highest BCUT2D eigenvalue weighted by Crippen LogP contribution is 2.29. The number of rotatable bonds is 6. The number of fused-ring (bicyclic) bond motifs is 1. The molecule has 0 fully saturated rings. The Morgan fingerprint density at radius 1 is 1.04 bits per heavy atom. The first kappa shape index (κ1) is 17.0. The second-order valence-corrected chi connectivity index (χ2v) is 5.93. The maximum absolute atomic E-state index is 12.2. The summed E-state index contributed by atoms with van der Waals surface area (Å²) in [4.78, 5) is 15.2. The van der Waals surface area contributed by atoms with Crippen molar-refractivity contribution >= 4 is 10.9 Å². The minimum Gasteiger partial charge on any atom is -0.493 e. The van der Waals surface area contributed by atoms with Crippen molar-refractivity contribution in [2.45, 2.75) is 19.5 Å². The van der Waals surface area contributed by atoms with Crippen LogP contribution >= 0.6 is 0 Å². The topological polar surface area (TPSA) is 63.3 Å². The molecule has 1 aromatic heterocycles. The number of hydrogen-bond donors (Lipinski definition) is 2. The van der Waals surface area contributed by atoms with E-state index in [1.807, 2.05) is 48.5 Å². The zero-order chi connectivity index (χ0) is 17.8. The Balaban J connectivity index is 1.77. The van der Waals surface area contributed by atoms with E-state index in [0.717, 1.165) is 16.5 Å². The van der Waals surface area contributed by atoms with Crippen molar-refractivity contribution in [1.82, 2.24) is 10.3 Å². The van der Waals surface area contributed by atoms with Crippen LogP contribution in [0.2, 0.25) is 0 Å². The van der Waals surface area contributed by atoms with E-state index < -0.39 is 0 Å². The van der Waals surface area contributed by atoms with Crippen LogP contribution in [-0.2, 0) is 6.54 Å². The Morgan fingerprint density at radius 2 is 1.80 bits per heavy atom. The van der Waals surface area contributed by atoms with Crippen molar-refractivity contribution in [3.8, 4) is 11.5 Å². The Bertz CT molecular complexity index is 934. The van der Waals surface area contributed by atoms with Crippen LogP contribution in [0.25, 0.3) is 10.9 Å². The normalized spacial score (nSPS) is 12.1. The second kappa shape index (κ2) is 7.40. The molecule has 2 N–H and O–H groups in total. The van der Waals surface area contributed by atoms with Gasteiger partial charge in [0.25, 0.3) is 5.56 Å². The van der Waals surface area contributed by atoms with E-state index in [-0.39, 0.29) is 11.6 Å². The van der Waals surface area contributed by atoms with Gasteiger partial charge in [-0.1, -0.05) is 24.3 Å². The van der Waals surface area contributed by atoms with Gasteiger partial charge in [-0.15, -0.1) is 0 Å². The molecular formula is C20H22N2O3. The Morgan fingerprint density at radius 3 is 2.56 bits per heavy atom.